The summed E-state index contributed by atoms with van der Waals surface area (Å²) < 4.78 is 2.00. The van der Waals surface area contributed by atoms with Crippen molar-refractivity contribution < 1.29 is 4.79 Å². The number of nitrogens with one attached hydrogen (secondary N) is 1. The van der Waals surface area contributed by atoms with Gasteiger partial charge in [0, 0.05) is 25.5 Å². The van der Waals surface area contributed by atoms with Crippen molar-refractivity contribution in [3.05, 3.63) is 18.7 Å². The summed E-state index contributed by atoms with van der Waals surface area (Å²) in [7, 11) is 0. The van der Waals surface area contributed by atoms with Gasteiger partial charge < -0.3 is 15.6 Å². The van der Waals surface area contributed by atoms with Crippen LogP contribution in [0.25, 0.3) is 0 Å². The minimum absolute atomic E-state index is 0. The first-order valence-corrected chi connectivity index (χ1v) is 6.74. The molecule has 0 spiro atoms. The van der Waals surface area contributed by atoms with Crippen LogP contribution in [0.2, 0.25) is 0 Å². The number of imidazole rings is 1. The molecule has 5 nitrogen and oxygen atoms in total. The molecule has 20 heavy (non-hydrogen) atoms. The molecule has 1 amide bonds. The van der Waals surface area contributed by atoms with Gasteiger partial charge in [-0.05, 0) is 19.3 Å². The van der Waals surface area contributed by atoms with Gasteiger partial charge in [-0.2, -0.15) is 0 Å². The molecule has 1 aliphatic carbocycles. The largest absolute Gasteiger partial charge is 0.354 e. The van der Waals surface area contributed by atoms with E-state index in [1.165, 1.54) is 6.42 Å². The van der Waals surface area contributed by atoms with Gasteiger partial charge in [0.15, 0.2) is 0 Å². The fourth-order valence-electron chi connectivity index (χ4n) is 2.47. The van der Waals surface area contributed by atoms with Crippen molar-refractivity contribution in [2.45, 2.75) is 50.6 Å². The van der Waals surface area contributed by atoms with Crippen LogP contribution in [0, 0.1) is 0 Å². The molecule has 0 atom stereocenters. The van der Waals surface area contributed by atoms with E-state index in [0.29, 0.717) is 6.54 Å². The maximum absolute atomic E-state index is 12.0. The molecule has 0 aliphatic heterocycles. The fourth-order valence-corrected chi connectivity index (χ4v) is 2.47. The Hall–Kier alpha value is -0.780. The lowest BCUT2D eigenvalue weighted by molar-refractivity contribution is -0.127. The molecule has 0 bridgehead atoms. The number of hydrogen-bond donors (Lipinski definition) is 2. The number of nitrogens with two attached hydrogens (primary N) is 1. The van der Waals surface area contributed by atoms with Crippen LogP contribution in [-0.4, -0.2) is 27.5 Å². The van der Waals surface area contributed by atoms with Crippen molar-refractivity contribution >= 4 is 30.7 Å². The van der Waals surface area contributed by atoms with Crippen LogP contribution in [0.1, 0.15) is 38.5 Å². The summed E-state index contributed by atoms with van der Waals surface area (Å²) in [6, 6.07) is 0. The molecule has 1 heterocycles. The molecule has 7 heteroatoms. The van der Waals surface area contributed by atoms with Crippen molar-refractivity contribution in [1.82, 2.24) is 14.9 Å². The molecule has 1 aromatic heterocycles. The highest BCUT2D eigenvalue weighted by molar-refractivity contribution is 5.86. The van der Waals surface area contributed by atoms with Crippen molar-refractivity contribution in [3.8, 4) is 0 Å². The number of amides is 1. The van der Waals surface area contributed by atoms with Crippen LogP contribution in [-0.2, 0) is 11.3 Å². The van der Waals surface area contributed by atoms with E-state index in [1.807, 2.05) is 10.8 Å². The van der Waals surface area contributed by atoms with Crippen molar-refractivity contribution in [3.63, 3.8) is 0 Å². The minimum atomic E-state index is -0.618. The number of aromatic nitrogens is 2. The molecule has 0 unspecified atom stereocenters. The zero-order valence-electron chi connectivity index (χ0n) is 11.6. The quantitative estimate of drug-likeness (QED) is 0.813. The number of rotatable bonds is 5. The second-order valence-electron chi connectivity index (χ2n) is 5.13. The Labute approximate surface area is 132 Å². The smallest absolute Gasteiger partial charge is 0.240 e. The monoisotopic (exact) mass is 322 g/mol. The van der Waals surface area contributed by atoms with Crippen LogP contribution in [0.3, 0.4) is 0 Å². The van der Waals surface area contributed by atoms with E-state index in [2.05, 4.69) is 10.3 Å². The third kappa shape index (κ3) is 5.31. The van der Waals surface area contributed by atoms with Crippen molar-refractivity contribution in [1.29, 1.82) is 0 Å². The normalized spacial score (nSPS) is 16.6. The SMILES string of the molecule is Cl.Cl.NC1(C(=O)NCCCn2ccnc2)CCCCC1. The minimum Gasteiger partial charge on any atom is -0.354 e. The molecule has 1 fully saturated rings. The van der Waals surface area contributed by atoms with Gasteiger partial charge in [0.1, 0.15) is 0 Å². The molecule has 2 rings (SSSR count). The molecule has 0 radical (unpaired) electrons. The highest BCUT2D eigenvalue weighted by atomic mass is 35.5. The van der Waals surface area contributed by atoms with Gasteiger partial charge in [-0.25, -0.2) is 4.98 Å². The first-order chi connectivity index (χ1) is 8.71. The molecular formula is C13H24Cl2N4O. The molecule has 1 aliphatic rings. The van der Waals surface area contributed by atoms with E-state index in [4.69, 9.17) is 5.73 Å². The molecule has 1 aromatic rings. The van der Waals surface area contributed by atoms with Crippen LogP contribution >= 0.6 is 24.8 Å². The molecule has 1 saturated carbocycles. The molecule has 116 valence electrons. The Balaban J connectivity index is 0.00000180. The molecule has 0 aromatic carbocycles. The third-order valence-corrected chi connectivity index (χ3v) is 3.64. The summed E-state index contributed by atoms with van der Waals surface area (Å²) in [5, 5.41) is 2.96. The number of aryl methyl sites for hydroxylation is 1. The predicted octanol–water partition coefficient (Wildman–Crippen LogP) is 1.89. The average Bonchev–Trinajstić information content (AvgIpc) is 2.88. The standard InChI is InChI=1S/C13H22N4O.2ClH/c14-13(5-2-1-3-6-13)12(18)16-7-4-9-17-10-8-15-11-17;;/h8,10-11H,1-7,9,14H2,(H,16,18);2*1H. The highest BCUT2D eigenvalue weighted by Crippen LogP contribution is 2.25. The van der Waals surface area contributed by atoms with Gasteiger partial charge in [-0.15, -0.1) is 24.8 Å². The third-order valence-electron chi connectivity index (χ3n) is 3.64. The Kier molecular flexibility index (Phi) is 8.85. The van der Waals surface area contributed by atoms with Gasteiger partial charge in [0.25, 0.3) is 0 Å². The van der Waals surface area contributed by atoms with E-state index in [9.17, 15) is 4.79 Å². The summed E-state index contributed by atoms with van der Waals surface area (Å²) in [5.74, 6) is 0.0211. The lowest BCUT2D eigenvalue weighted by Crippen LogP contribution is -2.55. The van der Waals surface area contributed by atoms with E-state index in [0.717, 1.165) is 38.6 Å². The van der Waals surface area contributed by atoms with E-state index >= 15 is 0 Å². The lowest BCUT2D eigenvalue weighted by atomic mass is 9.82. The Bertz CT molecular complexity index is 378. The maximum atomic E-state index is 12.0. The second-order valence-corrected chi connectivity index (χ2v) is 5.13. The lowest BCUT2D eigenvalue weighted by Gasteiger charge is -2.31. The number of nitrogens with zero attached hydrogens (tertiary/aromatic N) is 2. The fraction of sp³-hybridized carbons (Fsp3) is 0.692. The number of carbonyl (C=O) groups excluding carboxylic acids is 1. The van der Waals surface area contributed by atoms with Crippen LogP contribution in [0.5, 0.6) is 0 Å². The predicted molar refractivity (Wildman–Crippen MR) is 84.4 cm³/mol. The second kappa shape index (κ2) is 9.21. The summed E-state index contributed by atoms with van der Waals surface area (Å²) in [4.78, 5) is 16.0. The van der Waals surface area contributed by atoms with Crippen LogP contribution < -0.4 is 11.1 Å². The van der Waals surface area contributed by atoms with Crippen molar-refractivity contribution in [2.75, 3.05) is 6.54 Å². The zero-order valence-corrected chi connectivity index (χ0v) is 13.2. The maximum Gasteiger partial charge on any atom is 0.240 e. The first-order valence-electron chi connectivity index (χ1n) is 6.74. The number of halogens is 2. The topological polar surface area (TPSA) is 72.9 Å². The van der Waals surface area contributed by atoms with E-state index < -0.39 is 5.54 Å². The Morgan fingerprint density at radius 1 is 1.30 bits per heavy atom. The van der Waals surface area contributed by atoms with Gasteiger partial charge in [-0.3, -0.25) is 4.79 Å². The molecule has 0 saturated heterocycles. The highest BCUT2D eigenvalue weighted by Gasteiger charge is 2.34. The number of carbonyl (C=O) groups is 1. The summed E-state index contributed by atoms with van der Waals surface area (Å²) >= 11 is 0. The summed E-state index contributed by atoms with van der Waals surface area (Å²) in [6.45, 7) is 1.55. The number of hydrogen-bond acceptors (Lipinski definition) is 3. The first kappa shape index (κ1) is 19.2. The Morgan fingerprint density at radius 2 is 2.00 bits per heavy atom. The summed E-state index contributed by atoms with van der Waals surface area (Å²) in [6.07, 6.45) is 11.3. The Morgan fingerprint density at radius 3 is 2.60 bits per heavy atom. The van der Waals surface area contributed by atoms with Crippen LogP contribution in [0.15, 0.2) is 18.7 Å². The zero-order chi connectivity index (χ0) is 12.8. The van der Waals surface area contributed by atoms with Gasteiger partial charge in [-0.1, -0.05) is 19.3 Å². The molecule has 3 N–H and O–H groups in total. The summed E-state index contributed by atoms with van der Waals surface area (Å²) in [5.41, 5.74) is 5.53. The average molecular weight is 323 g/mol. The van der Waals surface area contributed by atoms with Crippen LogP contribution in [0.4, 0.5) is 0 Å². The molecular weight excluding hydrogens is 299 g/mol. The van der Waals surface area contributed by atoms with Gasteiger partial charge in [0.2, 0.25) is 5.91 Å². The van der Waals surface area contributed by atoms with Gasteiger partial charge in [0.05, 0.1) is 11.9 Å². The van der Waals surface area contributed by atoms with E-state index in [-0.39, 0.29) is 30.7 Å². The van der Waals surface area contributed by atoms with E-state index in [1.54, 1.807) is 12.5 Å². The van der Waals surface area contributed by atoms with Gasteiger partial charge >= 0.3 is 0 Å². The van der Waals surface area contributed by atoms with Crippen molar-refractivity contribution in [2.24, 2.45) is 5.73 Å².